The average Bonchev–Trinajstić information content (AvgIpc) is 3.30. The molecule has 0 aromatic heterocycles. The highest BCUT2D eigenvalue weighted by molar-refractivity contribution is 7.89. The summed E-state index contributed by atoms with van der Waals surface area (Å²) in [4.78, 5) is 0.0916. The van der Waals surface area contributed by atoms with Crippen LogP contribution in [0.1, 0.15) is 12.8 Å². The van der Waals surface area contributed by atoms with Gasteiger partial charge in [-0.3, -0.25) is 0 Å². The van der Waals surface area contributed by atoms with Gasteiger partial charge in [-0.25, -0.2) is 21.6 Å². The first kappa shape index (κ1) is 17.9. The number of rotatable bonds is 9. The molecule has 0 spiro atoms. The van der Waals surface area contributed by atoms with Gasteiger partial charge < -0.3 is 0 Å². The summed E-state index contributed by atoms with van der Waals surface area (Å²) in [6.07, 6.45) is 4.65. The van der Waals surface area contributed by atoms with Crippen molar-refractivity contribution in [3.8, 4) is 0 Å². The van der Waals surface area contributed by atoms with Gasteiger partial charge in [-0.15, -0.1) is 13.2 Å². The zero-order valence-corrected chi connectivity index (χ0v) is 14.3. The Morgan fingerprint density at radius 3 is 1.91 bits per heavy atom. The maximum atomic E-state index is 12.5. The highest BCUT2D eigenvalue weighted by Gasteiger charge is 2.28. The quantitative estimate of drug-likeness (QED) is 0.680. The van der Waals surface area contributed by atoms with Crippen LogP contribution in [0.25, 0.3) is 0 Å². The molecule has 8 heteroatoms. The molecular weight excluding hydrogens is 336 g/mol. The minimum absolute atomic E-state index is 0.000849. The van der Waals surface area contributed by atoms with Crippen molar-refractivity contribution < 1.29 is 16.8 Å². The van der Waals surface area contributed by atoms with E-state index < -0.39 is 20.0 Å². The van der Waals surface area contributed by atoms with Gasteiger partial charge in [-0.05, 0) is 37.1 Å². The Labute approximate surface area is 137 Å². The van der Waals surface area contributed by atoms with E-state index in [9.17, 15) is 16.8 Å². The van der Waals surface area contributed by atoms with E-state index in [4.69, 9.17) is 0 Å². The minimum atomic E-state index is -3.72. The van der Waals surface area contributed by atoms with Crippen LogP contribution < -0.4 is 4.72 Å². The van der Waals surface area contributed by atoms with Crippen LogP contribution in [0, 0.1) is 0 Å². The van der Waals surface area contributed by atoms with E-state index in [0.717, 1.165) is 12.8 Å². The molecule has 1 N–H and O–H groups in total. The molecule has 0 amide bonds. The van der Waals surface area contributed by atoms with Crippen LogP contribution in [0.4, 0.5) is 0 Å². The van der Waals surface area contributed by atoms with Crippen molar-refractivity contribution in [3.05, 3.63) is 49.6 Å². The van der Waals surface area contributed by atoms with Gasteiger partial charge in [-0.1, -0.05) is 12.2 Å². The van der Waals surface area contributed by atoms with Gasteiger partial charge in [0.25, 0.3) is 0 Å². The fourth-order valence-corrected chi connectivity index (χ4v) is 4.67. The molecule has 0 aliphatic heterocycles. The fraction of sp³-hybridized carbons (Fsp3) is 0.333. The van der Waals surface area contributed by atoms with E-state index in [1.54, 1.807) is 0 Å². The molecular formula is C15H20N2O4S2. The van der Waals surface area contributed by atoms with Gasteiger partial charge in [0.1, 0.15) is 0 Å². The summed E-state index contributed by atoms with van der Waals surface area (Å²) in [6, 6.07) is 5.21. The third kappa shape index (κ3) is 4.29. The largest absolute Gasteiger partial charge is 0.243 e. The van der Waals surface area contributed by atoms with Crippen molar-refractivity contribution in [3.63, 3.8) is 0 Å². The molecule has 0 radical (unpaired) electrons. The van der Waals surface area contributed by atoms with E-state index in [2.05, 4.69) is 17.9 Å². The maximum absolute atomic E-state index is 12.5. The average molecular weight is 356 g/mol. The Balaban J connectivity index is 2.26. The topological polar surface area (TPSA) is 83.6 Å². The predicted octanol–water partition coefficient (Wildman–Crippen LogP) is 1.49. The van der Waals surface area contributed by atoms with Crippen molar-refractivity contribution >= 4 is 20.0 Å². The van der Waals surface area contributed by atoms with Crippen LogP contribution in [0.3, 0.4) is 0 Å². The van der Waals surface area contributed by atoms with E-state index >= 15 is 0 Å². The third-order valence-electron chi connectivity index (χ3n) is 3.34. The molecule has 1 aromatic rings. The minimum Gasteiger partial charge on any atom is -0.208 e. The SMILES string of the molecule is C=CCN(CC=C)S(=O)(=O)c1ccc(S(=O)(=O)NC2CC2)cc1. The Morgan fingerprint density at radius 2 is 1.48 bits per heavy atom. The van der Waals surface area contributed by atoms with E-state index in [1.807, 2.05) is 0 Å². The first-order valence-corrected chi connectivity index (χ1v) is 10.1. The number of hydrogen-bond acceptors (Lipinski definition) is 4. The molecule has 1 saturated carbocycles. The number of sulfonamides is 2. The van der Waals surface area contributed by atoms with Crippen LogP contribution >= 0.6 is 0 Å². The number of nitrogens with one attached hydrogen (secondary N) is 1. The molecule has 1 aliphatic carbocycles. The molecule has 23 heavy (non-hydrogen) atoms. The summed E-state index contributed by atoms with van der Waals surface area (Å²) in [5.41, 5.74) is 0. The van der Waals surface area contributed by atoms with E-state index in [0.29, 0.717) is 0 Å². The van der Waals surface area contributed by atoms with Gasteiger partial charge in [0.15, 0.2) is 0 Å². The summed E-state index contributed by atoms with van der Waals surface area (Å²) in [6.45, 7) is 7.38. The van der Waals surface area contributed by atoms with Crippen LogP contribution in [-0.2, 0) is 20.0 Å². The van der Waals surface area contributed by atoms with Gasteiger partial charge in [0.05, 0.1) is 9.79 Å². The molecule has 6 nitrogen and oxygen atoms in total. The summed E-state index contributed by atoms with van der Waals surface area (Å²) in [7, 11) is -7.31. The standard InChI is InChI=1S/C15H20N2O4S2/c1-3-11-17(12-4-2)23(20,21)15-9-7-14(8-10-15)22(18,19)16-13-5-6-13/h3-4,7-10,13,16H,1-2,5-6,11-12H2. The monoisotopic (exact) mass is 356 g/mol. The zero-order chi connectivity index (χ0) is 17.1. The molecule has 0 atom stereocenters. The van der Waals surface area contributed by atoms with Gasteiger partial charge in [0, 0.05) is 19.1 Å². The zero-order valence-electron chi connectivity index (χ0n) is 12.7. The number of benzene rings is 1. The van der Waals surface area contributed by atoms with Crippen molar-refractivity contribution in [2.24, 2.45) is 0 Å². The predicted molar refractivity (Wildman–Crippen MR) is 88.9 cm³/mol. The summed E-state index contributed by atoms with van der Waals surface area (Å²) < 4.78 is 53.0. The number of hydrogen-bond donors (Lipinski definition) is 1. The molecule has 0 heterocycles. The Hall–Kier alpha value is -1.48. The molecule has 1 aromatic carbocycles. The molecule has 0 saturated heterocycles. The highest BCUT2D eigenvalue weighted by atomic mass is 32.2. The highest BCUT2D eigenvalue weighted by Crippen LogP contribution is 2.23. The van der Waals surface area contributed by atoms with Crippen LogP contribution in [-0.4, -0.2) is 40.3 Å². The smallest absolute Gasteiger partial charge is 0.208 e. The second-order valence-electron chi connectivity index (χ2n) is 5.27. The second-order valence-corrected chi connectivity index (χ2v) is 8.92. The van der Waals surface area contributed by atoms with Gasteiger partial charge in [0.2, 0.25) is 20.0 Å². The Kier molecular flexibility index (Phi) is 5.41. The van der Waals surface area contributed by atoms with Gasteiger partial charge >= 0.3 is 0 Å². The van der Waals surface area contributed by atoms with E-state index in [-0.39, 0.29) is 28.9 Å². The second kappa shape index (κ2) is 6.96. The summed E-state index contributed by atoms with van der Waals surface area (Å²) in [5.74, 6) is 0. The van der Waals surface area contributed by atoms with Crippen LogP contribution in [0.15, 0.2) is 59.4 Å². The van der Waals surface area contributed by atoms with E-state index in [1.165, 1.54) is 40.7 Å². The lowest BCUT2D eigenvalue weighted by molar-refractivity contribution is 0.474. The van der Waals surface area contributed by atoms with Crippen molar-refractivity contribution in [2.75, 3.05) is 13.1 Å². The van der Waals surface area contributed by atoms with Crippen LogP contribution in [0.2, 0.25) is 0 Å². The van der Waals surface area contributed by atoms with Gasteiger partial charge in [-0.2, -0.15) is 4.31 Å². The van der Waals surface area contributed by atoms with Crippen molar-refractivity contribution in [2.45, 2.75) is 28.7 Å². The van der Waals surface area contributed by atoms with Crippen molar-refractivity contribution in [1.82, 2.24) is 9.03 Å². The fourth-order valence-electron chi connectivity index (χ4n) is 1.99. The third-order valence-corrected chi connectivity index (χ3v) is 6.72. The molecule has 0 bridgehead atoms. The first-order chi connectivity index (χ1) is 10.8. The maximum Gasteiger partial charge on any atom is 0.243 e. The lowest BCUT2D eigenvalue weighted by atomic mass is 10.4. The lowest BCUT2D eigenvalue weighted by Gasteiger charge is -2.19. The van der Waals surface area contributed by atoms with Crippen molar-refractivity contribution in [1.29, 1.82) is 0 Å². The molecule has 2 rings (SSSR count). The Bertz CT molecular complexity index is 769. The number of nitrogens with zero attached hydrogens (tertiary/aromatic N) is 1. The lowest BCUT2D eigenvalue weighted by Crippen LogP contribution is -2.31. The molecule has 126 valence electrons. The van der Waals surface area contributed by atoms with Crippen LogP contribution in [0.5, 0.6) is 0 Å². The Morgan fingerprint density at radius 1 is 1.00 bits per heavy atom. The molecule has 1 fully saturated rings. The molecule has 0 unspecified atom stereocenters. The normalized spacial score (nSPS) is 15.5. The summed E-state index contributed by atoms with van der Waals surface area (Å²) in [5, 5.41) is 0. The first-order valence-electron chi connectivity index (χ1n) is 7.15. The summed E-state index contributed by atoms with van der Waals surface area (Å²) >= 11 is 0. The molecule has 1 aliphatic rings.